The molecule has 4 aromatic rings. The van der Waals surface area contributed by atoms with E-state index in [4.69, 9.17) is 16.3 Å². The van der Waals surface area contributed by atoms with Gasteiger partial charge < -0.3 is 20.4 Å². The topological polar surface area (TPSA) is 96.1 Å². The lowest BCUT2D eigenvalue weighted by Gasteiger charge is -2.18. The van der Waals surface area contributed by atoms with Crippen LogP contribution in [0.15, 0.2) is 66.7 Å². The number of fused-ring (bicyclic) bond motifs is 1. The summed E-state index contributed by atoms with van der Waals surface area (Å²) in [6, 6.07) is 19.7. The first kappa shape index (κ1) is 24.3. The Kier molecular flexibility index (Phi) is 7.36. The second-order valence-corrected chi connectivity index (χ2v) is 8.86. The first-order chi connectivity index (χ1) is 16.8. The van der Waals surface area contributed by atoms with Gasteiger partial charge in [-0.25, -0.2) is 4.98 Å². The Hall–Kier alpha value is -3.84. The maximum Gasteiger partial charge on any atom is 0.251 e. The van der Waals surface area contributed by atoms with E-state index in [1.807, 2.05) is 62.4 Å². The van der Waals surface area contributed by atoms with Gasteiger partial charge in [-0.1, -0.05) is 48.0 Å². The van der Waals surface area contributed by atoms with Gasteiger partial charge in [-0.15, -0.1) is 0 Å². The fraction of sp³-hybridized carbons (Fsp3) is 0.222. The van der Waals surface area contributed by atoms with Crippen molar-refractivity contribution in [1.29, 1.82) is 0 Å². The molecule has 0 radical (unpaired) electrons. The van der Waals surface area contributed by atoms with E-state index < -0.39 is 11.9 Å². The van der Waals surface area contributed by atoms with E-state index in [-0.39, 0.29) is 12.0 Å². The molecule has 3 N–H and O–H groups in total. The van der Waals surface area contributed by atoms with Crippen molar-refractivity contribution in [3.8, 4) is 17.1 Å². The minimum absolute atomic E-state index is 0.0389. The van der Waals surface area contributed by atoms with Crippen molar-refractivity contribution < 1.29 is 14.3 Å². The highest BCUT2D eigenvalue weighted by Crippen LogP contribution is 2.26. The Morgan fingerprint density at radius 3 is 2.46 bits per heavy atom. The number of nitrogens with zero attached hydrogens (tertiary/aromatic N) is 1. The van der Waals surface area contributed by atoms with Gasteiger partial charge in [0.05, 0.1) is 22.2 Å². The van der Waals surface area contributed by atoms with Crippen molar-refractivity contribution in [1.82, 2.24) is 20.6 Å². The molecule has 0 spiro atoms. The summed E-state index contributed by atoms with van der Waals surface area (Å²) in [6.45, 7) is 3.79. The van der Waals surface area contributed by atoms with Crippen molar-refractivity contribution in [2.45, 2.75) is 32.4 Å². The SMILES string of the molecule is CNC(=O)[C@H](Cc1ccc(-c2nc3ccccc3[nH]2)cc1)NC(=O)c1ccc(OC(C)C)c(Cl)c1. The van der Waals surface area contributed by atoms with E-state index in [0.29, 0.717) is 22.8 Å². The highest BCUT2D eigenvalue weighted by atomic mass is 35.5. The summed E-state index contributed by atoms with van der Waals surface area (Å²) in [7, 11) is 1.54. The first-order valence-corrected chi connectivity index (χ1v) is 11.7. The number of H-pyrrole nitrogens is 1. The summed E-state index contributed by atoms with van der Waals surface area (Å²) in [5, 5.41) is 5.77. The number of nitrogens with one attached hydrogen (secondary N) is 3. The zero-order valence-electron chi connectivity index (χ0n) is 19.8. The Labute approximate surface area is 208 Å². The van der Waals surface area contributed by atoms with E-state index in [2.05, 4.69) is 20.6 Å². The predicted octanol–water partition coefficient (Wildman–Crippen LogP) is 4.76. The minimum Gasteiger partial charge on any atom is -0.489 e. The van der Waals surface area contributed by atoms with Crippen LogP contribution in [0.2, 0.25) is 5.02 Å². The van der Waals surface area contributed by atoms with Crippen LogP contribution in [-0.2, 0) is 11.2 Å². The molecule has 4 rings (SSSR count). The van der Waals surface area contributed by atoms with Crippen molar-refractivity contribution in [3.05, 3.63) is 82.9 Å². The van der Waals surface area contributed by atoms with Crippen molar-refractivity contribution in [3.63, 3.8) is 0 Å². The maximum atomic E-state index is 12.9. The van der Waals surface area contributed by atoms with Crippen molar-refractivity contribution in [2.75, 3.05) is 7.05 Å². The van der Waals surface area contributed by atoms with E-state index in [9.17, 15) is 9.59 Å². The smallest absolute Gasteiger partial charge is 0.251 e. The van der Waals surface area contributed by atoms with Crippen molar-refractivity contribution in [2.24, 2.45) is 0 Å². The third-order valence-corrected chi connectivity index (χ3v) is 5.78. The number of hydrogen-bond acceptors (Lipinski definition) is 4. The molecule has 0 aliphatic rings. The Morgan fingerprint density at radius 2 is 1.80 bits per heavy atom. The van der Waals surface area contributed by atoms with Crippen LogP contribution in [-0.4, -0.2) is 41.0 Å². The van der Waals surface area contributed by atoms with Crippen LogP contribution >= 0.6 is 11.6 Å². The molecule has 2 amide bonds. The Bertz CT molecular complexity index is 1320. The van der Waals surface area contributed by atoms with Gasteiger partial charge in [-0.2, -0.15) is 0 Å². The van der Waals surface area contributed by atoms with Crippen molar-refractivity contribution >= 4 is 34.4 Å². The monoisotopic (exact) mass is 490 g/mol. The molecule has 8 heteroatoms. The molecule has 1 heterocycles. The summed E-state index contributed by atoms with van der Waals surface area (Å²) in [5.41, 5.74) is 4.05. The molecule has 0 aliphatic carbocycles. The van der Waals surface area contributed by atoms with Gasteiger partial charge in [0.1, 0.15) is 17.6 Å². The average Bonchev–Trinajstić information content (AvgIpc) is 3.29. The zero-order valence-corrected chi connectivity index (χ0v) is 20.5. The number of para-hydroxylation sites is 2. The molecule has 0 saturated heterocycles. The molecule has 0 saturated carbocycles. The molecule has 35 heavy (non-hydrogen) atoms. The number of ether oxygens (including phenoxy) is 1. The molecule has 0 aliphatic heterocycles. The quantitative estimate of drug-likeness (QED) is 0.332. The lowest BCUT2D eigenvalue weighted by atomic mass is 10.0. The number of aromatic amines is 1. The molecular weight excluding hydrogens is 464 g/mol. The highest BCUT2D eigenvalue weighted by Gasteiger charge is 2.22. The van der Waals surface area contributed by atoms with Crippen LogP contribution in [0.4, 0.5) is 0 Å². The number of likely N-dealkylation sites (N-methyl/N-ethyl adjacent to an activating group) is 1. The standard InChI is InChI=1S/C27H27ClN4O3/c1-16(2)35-24-13-12-19(15-20(24)28)26(33)32-23(27(34)29-3)14-17-8-10-18(11-9-17)25-30-21-6-4-5-7-22(21)31-25/h4-13,15-16,23H,14H2,1-3H3,(H,29,34)(H,30,31)(H,32,33)/t23-/m0/s1. The number of benzene rings is 3. The number of rotatable bonds is 8. The van der Waals surface area contributed by atoms with Crippen LogP contribution in [0, 0.1) is 0 Å². The summed E-state index contributed by atoms with van der Waals surface area (Å²) < 4.78 is 5.62. The number of carbonyl (C=O) groups is 2. The summed E-state index contributed by atoms with van der Waals surface area (Å²) in [4.78, 5) is 33.3. The van der Waals surface area contributed by atoms with E-state index in [0.717, 1.165) is 28.0 Å². The van der Waals surface area contributed by atoms with Crippen LogP contribution in [0.25, 0.3) is 22.4 Å². The third-order valence-electron chi connectivity index (χ3n) is 5.48. The van der Waals surface area contributed by atoms with E-state index in [1.165, 1.54) is 6.07 Å². The molecule has 0 bridgehead atoms. The molecule has 1 aromatic heterocycles. The van der Waals surface area contributed by atoms with E-state index in [1.54, 1.807) is 19.2 Å². The predicted molar refractivity (Wildman–Crippen MR) is 138 cm³/mol. The van der Waals surface area contributed by atoms with Gasteiger partial charge in [-0.3, -0.25) is 9.59 Å². The van der Waals surface area contributed by atoms with Gasteiger partial charge in [0.25, 0.3) is 5.91 Å². The van der Waals surface area contributed by atoms with E-state index >= 15 is 0 Å². The number of carbonyl (C=O) groups excluding carboxylic acids is 2. The fourth-order valence-corrected chi connectivity index (χ4v) is 3.97. The van der Waals surface area contributed by atoms with Gasteiger partial charge in [0.2, 0.25) is 5.91 Å². The molecule has 3 aromatic carbocycles. The summed E-state index contributed by atoms with van der Waals surface area (Å²) in [5.74, 6) is 0.599. The maximum absolute atomic E-state index is 12.9. The largest absolute Gasteiger partial charge is 0.489 e. The van der Waals surface area contributed by atoms with Crippen LogP contribution in [0.3, 0.4) is 0 Å². The number of aromatic nitrogens is 2. The van der Waals surface area contributed by atoms with Gasteiger partial charge >= 0.3 is 0 Å². The number of halogens is 1. The van der Waals surface area contributed by atoms with Crippen LogP contribution in [0.1, 0.15) is 29.8 Å². The Balaban J connectivity index is 1.47. The van der Waals surface area contributed by atoms with Crippen LogP contribution in [0.5, 0.6) is 5.75 Å². The number of hydrogen-bond donors (Lipinski definition) is 3. The van der Waals surface area contributed by atoms with Gasteiger partial charge in [0.15, 0.2) is 0 Å². The van der Waals surface area contributed by atoms with Gasteiger partial charge in [-0.05, 0) is 49.7 Å². The second-order valence-electron chi connectivity index (χ2n) is 8.46. The second kappa shape index (κ2) is 10.6. The normalized spacial score (nSPS) is 11.9. The number of imidazole rings is 1. The molecule has 0 unspecified atom stereocenters. The minimum atomic E-state index is -0.755. The molecule has 7 nitrogen and oxygen atoms in total. The average molecular weight is 491 g/mol. The summed E-state index contributed by atoms with van der Waals surface area (Å²) in [6.07, 6.45) is 0.289. The third kappa shape index (κ3) is 5.81. The molecule has 0 fully saturated rings. The summed E-state index contributed by atoms with van der Waals surface area (Å²) >= 11 is 6.27. The molecular formula is C27H27ClN4O3. The Morgan fingerprint density at radius 1 is 1.06 bits per heavy atom. The van der Waals surface area contributed by atoms with Crippen LogP contribution < -0.4 is 15.4 Å². The lowest BCUT2D eigenvalue weighted by Crippen LogP contribution is -2.47. The zero-order chi connectivity index (χ0) is 24.9. The first-order valence-electron chi connectivity index (χ1n) is 11.4. The highest BCUT2D eigenvalue weighted by molar-refractivity contribution is 6.32. The molecule has 180 valence electrons. The lowest BCUT2D eigenvalue weighted by molar-refractivity contribution is -0.122. The number of amides is 2. The molecule has 1 atom stereocenters. The van der Waals surface area contributed by atoms with Gasteiger partial charge in [0, 0.05) is 24.6 Å². The fourth-order valence-electron chi connectivity index (χ4n) is 3.74.